The summed E-state index contributed by atoms with van der Waals surface area (Å²) < 4.78 is 74.3. The van der Waals surface area contributed by atoms with Gasteiger partial charge in [0.2, 0.25) is 17.5 Å². The Balaban J connectivity index is 1.88. The van der Waals surface area contributed by atoms with Gasteiger partial charge in [0.1, 0.15) is 17.7 Å². The highest BCUT2D eigenvalue weighted by Crippen LogP contribution is 2.41. The standard InChI is InChI=1S/C34H39BrF5N5O6/c1-32(2,3)27(25-15-21(23-16-22(36)9-10-24(23)37)19-45(25)18-20-7-5-4-6-8-20)28(47)29(48)43-12-11-33(41,51-31(50)34(38,39)40)30(49)44-14-13-42-26(46)17-35/h4-10,15-16,19,27-28,47H,11-14,17-18,41H2,1-3H3,(H,42,46)(H,43,48)(H,44,49)/t27-,28+,33+/m1/s1. The van der Waals surface area contributed by atoms with Crippen LogP contribution in [0.4, 0.5) is 22.0 Å². The summed E-state index contributed by atoms with van der Waals surface area (Å²) in [5.74, 6) is -7.93. The lowest BCUT2D eigenvalue weighted by Crippen LogP contribution is -2.60. The van der Waals surface area contributed by atoms with Crippen LogP contribution in [-0.2, 0) is 30.5 Å². The Bertz CT molecular complexity index is 1700. The van der Waals surface area contributed by atoms with Gasteiger partial charge in [-0.15, -0.1) is 0 Å². The van der Waals surface area contributed by atoms with E-state index in [9.17, 15) is 46.2 Å². The number of aliphatic hydroxyl groups excluding tert-OH is 1. The number of aromatic nitrogens is 1. The lowest BCUT2D eigenvalue weighted by atomic mass is 9.74. The molecular formula is C34H39BrF5N5O6. The summed E-state index contributed by atoms with van der Waals surface area (Å²) in [5, 5.41) is 18.4. The van der Waals surface area contributed by atoms with Crippen LogP contribution < -0.4 is 21.7 Å². The molecule has 0 spiro atoms. The second-order valence-corrected chi connectivity index (χ2v) is 13.3. The minimum absolute atomic E-state index is 0.0435. The van der Waals surface area contributed by atoms with Crippen molar-refractivity contribution in [1.82, 2.24) is 20.5 Å². The number of esters is 1. The van der Waals surface area contributed by atoms with E-state index in [4.69, 9.17) is 5.73 Å². The van der Waals surface area contributed by atoms with E-state index in [1.165, 1.54) is 0 Å². The Morgan fingerprint density at radius 3 is 2.20 bits per heavy atom. The summed E-state index contributed by atoms with van der Waals surface area (Å²) >= 11 is 2.93. The van der Waals surface area contributed by atoms with Crippen LogP contribution in [0.15, 0.2) is 60.8 Å². The smallest absolute Gasteiger partial charge is 0.428 e. The average Bonchev–Trinajstić information content (AvgIpc) is 3.45. The molecule has 0 bridgehead atoms. The fraction of sp³-hybridized carbons (Fsp3) is 0.412. The molecule has 3 atom stereocenters. The number of amides is 3. The third kappa shape index (κ3) is 11.3. The molecule has 0 radical (unpaired) electrons. The number of halogens is 6. The second kappa shape index (κ2) is 17.2. The molecule has 6 N–H and O–H groups in total. The number of hydrogen-bond acceptors (Lipinski definition) is 7. The quantitative estimate of drug-likeness (QED) is 0.0514. The molecule has 0 aliphatic rings. The molecule has 11 nitrogen and oxygen atoms in total. The van der Waals surface area contributed by atoms with Crippen LogP contribution in [0.5, 0.6) is 0 Å². The Labute approximate surface area is 299 Å². The van der Waals surface area contributed by atoms with Gasteiger partial charge in [0, 0.05) is 61.5 Å². The van der Waals surface area contributed by atoms with E-state index in [-0.39, 0.29) is 36.1 Å². The van der Waals surface area contributed by atoms with Crippen molar-refractivity contribution in [3.8, 4) is 11.1 Å². The highest BCUT2D eigenvalue weighted by atomic mass is 79.9. The molecule has 1 heterocycles. The average molecular weight is 789 g/mol. The van der Waals surface area contributed by atoms with Crippen LogP contribution in [-0.4, -0.2) is 76.3 Å². The van der Waals surface area contributed by atoms with Crippen molar-refractivity contribution in [1.29, 1.82) is 0 Å². The fourth-order valence-electron chi connectivity index (χ4n) is 5.29. The number of alkyl halides is 4. The molecule has 1 aromatic heterocycles. The summed E-state index contributed by atoms with van der Waals surface area (Å²) in [4.78, 5) is 49.3. The van der Waals surface area contributed by atoms with Gasteiger partial charge in [-0.25, -0.2) is 13.6 Å². The van der Waals surface area contributed by atoms with E-state index in [0.717, 1.165) is 23.8 Å². The lowest BCUT2D eigenvalue weighted by Gasteiger charge is -2.35. The zero-order chi connectivity index (χ0) is 38.1. The molecule has 0 aliphatic heterocycles. The summed E-state index contributed by atoms with van der Waals surface area (Å²) in [6.45, 7) is 4.39. The van der Waals surface area contributed by atoms with Gasteiger partial charge >= 0.3 is 12.1 Å². The molecule has 3 amide bonds. The van der Waals surface area contributed by atoms with Gasteiger partial charge in [0.05, 0.1) is 5.33 Å². The normalized spacial score (nSPS) is 14.2. The molecule has 3 aromatic rings. The van der Waals surface area contributed by atoms with Crippen LogP contribution in [0.3, 0.4) is 0 Å². The van der Waals surface area contributed by atoms with Crippen molar-refractivity contribution >= 4 is 39.6 Å². The minimum atomic E-state index is -5.50. The van der Waals surface area contributed by atoms with Crippen LogP contribution in [0, 0.1) is 17.0 Å². The van der Waals surface area contributed by atoms with Crippen molar-refractivity contribution in [3.63, 3.8) is 0 Å². The number of nitrogens with one attached hydrogen (secondary N) is 3. The van der Waals surface area contributed by atoms with Gasteiger partial charge in [-0.05, 0) is 35.2 Å². The molecule has 17 heteroatoms. The number of benzene rings is 2. The Morgan fingerprint density at radius 2 is 1.59 bits per heavy atom. The highest BCUT2D eigenvalue weighted by Gasteiger charge is 2.48. The zero-order valence-electron chi connectivity index (χ0n) is 28.0. The van der Waals surface area contributed by atoms with Crippen LogP contribution in [0.2, 0.25) is 0 Å². The van der Waals surface area contributed by atoms with Gasteiger partial charge in [-0.2, -0.15) is 13.2 Å². The Morgan fingerprint density at radius 1 is 0.941 bits per heavy atom. The lowest BCUT2D eigenvalue weighted by molar-refractivity contribution is -0.214. The fourth-order valence-corrected chi connectivity index (χ4v) is 5.49. The molecule has 0 fully saturated rings. The van der Waals surface area contributed by atoms with E-state index in [1.54, 1.807) is 37.6 Å². The molecule has 2 aromatic carbocycles. The first-order chi connectivity index (χ1) is 23.8. The summed E-state index contributed by atoms with van der Waals surface area (Å²) in [6.07, 6.45) is -6.60. The first-order valence-corrected chi connectivity index (χ1v) is 16.7. The van der Waals surface area contributed by atoms with Crippen LogP contribution in [0.25, 0.3) is 11.1 Å². The van der Waals surface area contributed by atoms with Gasteiger partial charge in [0.25, 0.3) is 5.91 Å². The van der Waals surface area contributed by atoms with E-state index >= 15 is 0 Å². The molecular weight excluding hydrogens is 749 g/mol. The highest BCUT2D eigenvalue weighted by molar-refractivity contribution is 9.09. The van der Waals surface area contributed by atoms with Gasteiger partial charge in [-0.3, -0.25) is 20.1 Å². The first-order valence-electron chi connectivity index (χ1n) is 15.6. The summed E-state index contributed by atoms with van der Waals surface area (Å²) in [7, 11) is 0. The number of aliphatic hydroxyl groups is 1. The minimum Gasteiger partial charge on any atom is -0.428 e. The predicted octanol–water partition coefficient (Wildman–Crippen LogP) is 3.87. The number of nitrogens with zero attached hydrogens (tertiary/aromatic N) is 1. The maximum absolute atomic E-state index is 14.9. The first kappa shape index (κ1) is 41.1. The Hall–Kier alpha value is -4.35. The maximum Gasteiger partial charge on any atom is 0.491 e. The van der Waals surface area contributed by atoms with Crippen LogP contribution >= 0.6 is 15.9 Å². The van der Waals surface area contributed by atoms with Gasteiger partial charge < -0.3 is 30.4 Å². The molecule has 51 heavy (non-hydrogen) atoms. The number of rotatable bonds is 15. The van der Waals surface area contributed by atoms with Gasteiger partial charge in [0.15, 0.2) is 0 Å². The number of carbonyl (C=O) groups is 4. The van der Waals surface area contributed by atoms with Crippen molar-refractivity contribution in [2.24, 2.45) is 11.1 Å². The molecule has 3 rings (SSSR count). The molecule has 0 saturated carbocycles. The molecule has 278 valence electrons. The third-order valence-electron chi connectivity index (χ3n) is 7.74. The summed E-state index contributed by atoms with van der Waals surface area (Å²) in [6, 6.07) is 13.6. The van der Waals surface area contributed by atoms with Crippen molar-refractivity contribution in [2.75, 3.05) is 25.0 Å². The zero-order valence-corrected chi connectivity index (χ0v) is 29.5. The summed E-state index contributed by atoms with van der Waals surface area (Å²) in [5.41, 5.74) is 3.50. The van der Waals surface area contributed by atoms with E-state index in [1.807, 2.05) is 30.3 Å². The molecule has 0 unspecified atom stereocenters. The number of ether oxygens (including phenoxy) is 1. The monoisotopic (exact) mass is 787 g/mol. The van der Waals surface area contributed by atoms with Crippen molar-refractivity contribution < 1.29 is 51.0 Å². The van der Waals surface area contributed by atoms with E-state index in [0.29, 0.717) is 5.69 Å². The van der Waals surface area contributed by atoms with E-state index < -0.39 is 77.6 Å². The van der Waals surface area contributed by atoms with Crippen molar-refractivity contribution in [2.45, 2.75) is 57.7 Å². The number of hydrogen-bond donors (Lipinski definition) is 5. The Kier molecular flexibility index (Phi) is 13.9. The van der Waals surface area contributed by atoms with Crippen molar-refractivity contribution in [3.05, 3.63) is 83.7 Å². The maximum atomic E-state index is 14.9. The molecule has 0 aliphatic carbocycles. The van der Waals surface area contributed by atoms with E-state index in [2.05, 4.69) is 36.6 Å². The third-order valence-corrected chi connectivity index (χ3v) is 8.25. The van der Waals surface area contributed by atoms with Crippen LogP contribution in [0.1, 0.15) is 44.4 Å². The predicted molar refractivity (Wildman–Crippen MR) is 180 cm³/mol. The number of carbonyl (C=O) groups excluding carboxylic acids is 4. The number of nitrogens with two attached hydrogens (primary N) is 1. The largest absolute Gasteiger partial charge is 0.491 e. The second-order valence-electron chi connectivity index (χ2n) is 12.7. The van der Waals surface area contributed by atoms with Gasteiger partial charge in [-0.1, -0.05) is 67.0 Å². The topological polar surface area (TPSA) is 165 Å². The molecule has 0 saturated heterocycles. The SMILES string of the molecule is CC(C)(C)[C@H](c1cc(-c2cc(F)ccc2F)cn1Cc1ccccc1)[C@H](O)C(=O)NCC[C@](N)(OC(=O)C(F)(F)F)C(=O)NCCNC(=O)CBr.